The van der Waals surface area contributed by atoms with Gasteiger partial charge in [0.15, 0.2) is 0 Å². The van der Waals surface area contributed by atoms with Crippen molar-refractivity contribution < 1.29 is 14.3 Å². The van der Waals surface area contributed by atoms with Gasteiger partial charge in [0.1, 0.15) is 5.75 Å². The van der Waals surface area contributed by atoms with Crippen molar-refractivity contribution in [2.24, 2.45) is 0 Å². The summed E-state index contributed by atoms with van der Waals surface area (Å²) in [5, 5.41) is 6.33. The lowest BCUT2D eigenvalue weighted by Crippen LogP contribution is -2.52. The van der Waals surface area contributed by atoms with E-state index in [1.807, 2.05) is 24.3 Å². The van der Waals surface area contributed by atoms with Gasteiger partial charge in [-0.3, -0.25) is 4.79 Å². The molecule has 0 spiro atoms. The molecule has 142 valence electrons. The zero-order chi connectivity index (χ0) is 19.4. The summed E-state index contributed by atoms with van der Waals surface area (Å²) in [4.78, 5) is 26.9. The average Bonchev–Trinajstić information content (AvgIpc) is 2.67. The van der Waals surface area contributed by atoms with E-state index in [1.165, 1.54) is 0 Å². The zero-order valence-corrected chi connectivity index (χ0v) is 16.0. The smallest absolute Gasteiger partial charge is 0.319 e. The summed E-state index contributed by atoms with van der Waals surface area (Å²) >= 11 is 5.86. The number of carbonyl (C=O) groups is 2. The molecule has 1 saturated heterocycles. The molecule has 2 aromatic rings. The molecular formula is C20H22ClN3O3. The number of ether oxygens (including phenoxy) is 1. The highest BCUT2D eigenvalue weighted by Gasteiger charge is 2.37. The van der Waals surface area contributed by atoms with E-state index in [2.05, 4.69) is 10.6 Å². The second-order valence-corrected chi connectivity index (χ2v) is 6.95. The van der Waals surface area contributed by atoms with E-state index < -0.39 is 5.92 Å². The van der Waals surface area contributed by atoms with Crippen LogP contribution in [0.3, 0.4) is 0 Å². The van der Waals surface area contributed by atoms with Crippen LogP contribution in [-0.4, -0.2) is 43.6 Å². The van der Waals surface area contributed by atoms with Crippen LogP contribution in [0.4, 0.5) is 10.5 Å². The molecule has 6 nitrogen and oxygen atoms in total. The number of nitrogens with one attached hydrogen (secondary N) is 2. The molecule has 0 bridgehead atoms. The van der Waals surface area contributed by atoms with Gasteiger partial charge in [-0.1, -0.05) is 23.7 Å². The number of nitrogens with zero attached hydrogens (tertiary/aromatic N) is 1. The van der Waals surface area contributed by atoms with Gasteiger partial charge in [0, 0.05) is 30.3 Å². The molecule has 3 rings (SSSR count). The third-order valence-electron chi connectivity index (χ3n) is 4.71. The molecule has 1 aliphatic rings. The number of benzene rings is 2. The van der Waals surface area contributed by atoms with Crippen LogP contribution in [0.25, 0.3) is 0 Å². The molecule has 7 heteroatoms. The van der Waals surface area contributed by atoms with Gasteiger partial charge < -0.3 is 20.3 Å². The Morgan fingerprint density at radius 2 is 1.81 bits per heavy atom. The van der Waals surface area contributed by atoms with Crippen LogP contribution in [0.2, 0.25) is 5.02 Å². The molecule has 1 fully saturated rings. The van der Waals surface area contributed by atoms with Gasteiger partial charge in [-0.15, -0.1) is 0 Å². The molecule has 0 saturated carbocycles. The maximum atomic E-state index is 12.8. The molecule has 0 radical (unpaired) electrons. The predicted molar refractivity (Wildman–Crippen MR) is 105 cm³/mol. The molecule has 2 N–H and O–H groups in total. The number of piperidine rings is 1. The summed E-state index contributed by atoms with van der Waals surface area (Å²) in [6.45, 7) is 0.595. The number of anilines is 1. The Labute approximate surface area is 163 Å². The summed E-state index contributed by atoms with van der Waals surface area (Å²) in [7, 11) is 3.38. The number of rotatable bonds is 4. The van der Waals surface area contributed by atoms with Crippen molar-refractivity contribution in [2.75, 3.05) is 26.0 Å². The van der Waals surface area contributed by atoms with Crippen molar-refractivity contribution in [2.45, 2.75) is 18.4 Å². The summed E-state index contributed by atoms with van der Waals surface area (Å²) in [6.07, 6.45) is 0.674. The molecule has 1 heterocycles. The van der Waals surface area contributed by atoms with Gasteiger partial charge in [0.2, 0.25) is 5.91 Å². The number of likely N-dealkylation sites (N-methyl/N-ethyl adjacent to an activating group) is 1. The summed E-state index contributed by atoms with van der Waals surface area (Å²) in [5.41, 5.74) is 1.49. The van der Waals surface area contributed by atoms with Crippen molar-refractivity contribution in [3.63, 3.8) is 0 Å². The first-order valence-corrected chi connectivity index (χ1v) is 9.07. The Kier molecular flexibility index (Phi) is 5.86. The molecule has 27 heavy (non-hydrogen) atoms. The van der Waals surface area contributed by atoms with Crippen LogP contribution >= 0.6 is 11.6 Å². The minimum Gasteiger partial charge on any atom is -0.497 e. The van der Waals surface area contributed by atoms with Gasteiger partial charge in [-0.25, -0.2) is 4.79 Å². The normalized spacial score (nSPS) is 19.5. The first-order chi connectivity index (χ1) is 13.0. The van der Waals surface area contributed by atoms with Crippen molar-refractivity contribution in [1.82, 2.24) is 10.2 Å². The van der Waals surface area contributed by atoms with Crippen LogP contribution in [0.5, 0.6) is 5.75 Å². The number of urea groups is 1. The first-order valence-electron chi connectivity index (χ1n) is 8.70. The summed E-state index contributed by atoms with van der Waals surface area (Å²) in [5.74, 6) is 0.272. The third kappa shape index (κ3) is 4.52. The molecule has 2 aromatic carbocycles. The highest BCUT2D eigenvalue weighted by atomic mass is 35.5. The van der Waals surface area contributed by atoms with Gasteiger partial charge in [-0.05, 0) is 48.4 Å². The molecule has 1 aliphatic heterocycles. The van der Waals surface area contributed by atoms with Crippen molar-refractivity contribution in [3.05, 3.63) is 59.1 Å². The number of hydrogen-bond acceptors (Lipinski definition) is 3. The van der Waals surface area contributed by atoms with E-state index in [9.17, 15) is 9.59 Å². The lowest BCUT2D eigenvalue weighted by molar-refractivity contribution is -0.134. The molecular weight excluding hydrogens is 366 g/mol. The quantitative estimate of drug-likeness (QED) is 0.843. The fourth-order valence-electron chi connectivity index (χ4n) is 3.23. The van der Waals surface area contributed by atoms with Crippen molar-refractivity contribution in [3.8, 4) is 5.75 Å². The zero-order valence-electron chi connectivity index (χ0n) is 15.2. The van der Waals surface area contributed by atoms with Gasteiger partial charge in [0.25, 0.3) is 0 Å². The Morgan fingerprint density at radius 3 is 2.44 bits per heavy atom. The standard InChI is InChI=1S/C20H22ClN3O3/c1-24-12-11-17(23-20(26)22-15-7-5-14(21)6-8-15)18(19(24)25)13-3-9-16(27-2)10-4-13/h3-10,17-18H,11-12H2,1-2H3,(H2,22,23,26)/t17-,18?/m1/s1. The lowest BCUT2D eigenvalue weighted by atomic mass is 9.85. The molecule has 0 aliphatic carbocycles. The van der Waals surface area contributed by atoms with Gasteiger partial charge >= 0.3 is 6.03 Å². The second kappa shape index (κ2) is 8.31. The maximum absolute atomic E-state index is 12.8. The monoisotopic (exact) mass is 387 g/mol. The molecule has 2 atom stereocenters. The van der Waals surface area contributed by atoms with E-state index in [0.717, 1.165) is 11.3 Å². The number of amides is 3. The third-order valence-corrected chi connectivity index (χ3v) is 4.97. The highest BCUT2D eigenvalue weighted by Crippen LogP contribution is 2.29. The van der Waals surface area contributed by atoms with Crippen LogP contribution in [-0.2, 0) is 4.79 Å². The van der Waals surface area contributed by atoms with Crippen LogP contribution < -0.4 is 15.4 Å². The first kappa shape index (κ1) is 19.0. The summed E-state index contributed by atoms with van der Waals surface area (Å²) < 4.78 is 5.19. The highest BCUT2D eigenvalue weighted by molar-refractivity contribution is 6.30. The van der Waals surface area contributed by atoms with Crippen molar-refractivity contribution >= 4 is 29.2 Å². The predicted octanol–water partition coefficient (Wildman–Crippen LogP) is 3.48. The Morgan fingerprint density at radius 1 is 1.15 bits per heavy atom. The summed E-state index contributed by atoms with van der Waals surface area (Å²) in [6, 6.07) is 13.6. The Bertz CT molecular complexity index is 808. The number of halogens is 1. The fraction of sp³-hybridized carbons (Fsp3) is 0.300. The van der Waals surface area contributed by atoms with Gasteiger partial charge in [-0.2, -0.15) is 0 Å². The number of likely N-dealkylation sites (tertiary alicyclic amines) is 1. The maximum Gasteiger partial charge on any atom is 0.319 e. The molecule has 3 amide bonds. The number of carbonyl (C=O) groups excluding carboxylic acids is 2. The molecule has 1 unspecified atom stereocenters. The lowest BCUT2D eigenvalue weighted by Gasteiger charge is -2.36. The van der Waals surface area contributed by atoms with E-state index in [4.69, 9.17) is 16.3 Å². The minimum absolute atomic E-state index is 0.0109. The Hall–Kier alpha value is -2.73. The van der Waals surface area contributed by atoms with E-state index in [1.54, 1.807) is 43.3 Å². The van der Waals surface area contributed by atoms with Crippen LogP contribution in [0.1, 0.15) is 17.9 Å². The number of hydrogen-bond donors (Lipinski definition) is 2. The van der Waals surface area contributed by atoms with Crippen LogP contribution in [0, 0.1) is 0 Å². The van der Waals surface area contributed by atoms with E-state index in [0.29, 0.717) is 23.7 Å². The second-order valence-electron chi connectivity index (χ2n) is 6.51. The van der Waals surface area contributed by atoms with E-state index in [-0.39, 0.29) is 18.0 Å². The van der Waals surface area contributed by atoms with Crippen molar-refractivity contribution in [1.29, 1.82) is 0 Å². The topological polar surface area (TPSA) is 70.7 Å². The minimum atomic E-state index is -0.439. The average molecular weight is 388 g/mol. The van der Waals surface area contributed by atoms with Gasteiger partial charge in [0.05, 0.1) is 13.0 Å². The van der Waals surface area contributed by atoms with E-state index >= 15 is 0 Å². The van der Waals surface area contributed by atoms with Crippen LogP contribution in [0.15, 0.2) is 48.5 Å². The Balaban J connectivity index is 1.75. The molecule has 0 aromatic heterocycles. The number of methoxy groups -OCH3 is 1. The SMILES string of the molecule is COc1ccc(C2C(=O)N(C)CC[C@H]2NC(=O)Nc2ccc(Cl)cc2)cc1. The fourth-order valence-corrected chi connectivity index (χ4v) is 3.36. The largest absolute Gasteiger partial charge is 0.497 e.